The molecule has 0 bridgehead atoms. The van der Waals surface area contributed by atoms with E-state index in [9.17, 15) is 4.79 Å². The van der Waals surface area contributed by atoms with Gasteiger partial charge in [0.05, 0.1) is 0 Å². The standard InChI is InChI=1S/C17H21N3O/c1-13(21)19-16-6-4-5-15(11-16)18-12-14-7-9-17(10-8-14)20(2)3/h4-11,18H,12H2,1-3H3,(H,19,21). The van der Waals surface area contributed by atoms with E-state index >= 15 is 0 Å². The lowest BCUT2D eigenvalue weighted by Gasteiger charge is -2.13. The fourth-order valence-electron chi connectivity index (χ4n) is 2.03. The van der Waals surface area contributed by atoms with E-state index in [1.54, 1.807) is 0 Å². The third kappa shape index (κ3) is 4.53. The van der Waals surface area contributed by atoms with Crippen LogP contribution in [0, 0.1) is 0 Å². The van der Waals surface area contributed by atoms with Crippen LogP contribution in [-0.4, -0.2) is 20.0 Å². The maximum absolute atomic E-state index is 11.1. The Morgan fingerprint density at radius 2 is 1.71 bits per heavy atom. The van der Waals surface area contributed by atoms with Gasteiger partial charge in [0.1, 0.15) is 0 Å². The normalized spacial score (nSPS) is 10.0. The summed E-state index contributed by atoms with van der Waals surface area (Å²) in [5.41, 5.74) is 4.19. The molecule has 0 aliphatic carbocycles. The van der Waals surface area contributed by atoms with Crippen LogP contribution in [0.4, 0.5) is 17.1 Å². The van der Waals surface area contributed by atoms with Gasteiger partial charge in [-0.1, -0.05) is 18.2 Å². The van der Waals surface area contributed by atoms with Crippen LogP contribution >= 0.6 is 0 Å². The van der Waals surface area contributed by atoms with Gasteiger partial charge in [0.2, 0.25) is 5.91 Å². The molecule has 0 radical (unpaired) electrons. The molecule has 0 spiro atoms. The molecule has 0 aliphatic rings. The third-order valence-corrected chi connectivity index (χ3v) is 3.13. The molecule has 4 nitrogen and oxygen atoms in total. The number of carbonyl (C=O) groups excluding carboxylic acids is 1. The van der Waals surface area contributed by atoms with E-state index in [1.807, 2.05) is 38.4 Å². The molecule has 1 amide bonds. The van der Waals surface area contributed by atoms with Crippen molar-refractivity contribution in [3.8, 4) is 0 Å². The third-order valence-electron chi connectivity index (χ3n) is 3.13. The van der Waals surface area contributed by atoms with Crippen molar-refractivity contribution in [3.05, 3.63) is 54.1 Å². The Bertz CT molecular complexity index is 606. The molecule has 0 fully saturated rings. The first-order valence-electron chi connectivity index (χ1n) is 6.92. The first-order valence-corrected chi connectivity index (χ1v) is 6.92. The van der Waals surface area contributed by atoms with Gasteiger partial charge in [-0.25, -0.2) is 0 Å². The zero-order chi connectivity index (χ0) is 15.2. The highest BCUT2D eigenvalue weighted by molar-refractivity contribution is 5.89. The van der Waals surface area contributed by atoms with E-state index in [4.69, 9.17) is 0 Å². The molecule has 0 aromatic heterocycles. The summed E-state index contributed by atoms with van der Waals surface area (Å²) in [6, 6.07) is 16.1. The van der Waals surface area contributed by atoms with Crippen LogP contribution in [0.2, 0.25) is 0 Å². The molecule has 0 heterocycles. The minimum absolute atomic E-state index is 0.0635. The summed E-state index contributed by atoms with van der Waals surface area (Å²) in [7, 11) is 4.06. The molecule has 0 saturated carbocycles. The lowest BCUT2D eigenvalue weighted by molar-refractivity contribution is -0.114. The van der Waals surface area contributed by atoms with Gasteiger partial charge >= 0.3 is 0 Å². The Kier molecular flexibility index (Phi) is 4.82. The lowest BCUT2D eigenvalue weighted by atomic mass is 10.2. The van der Waals surface area contributed by atoms with E-state index < -0.39 is 0 Å². The summed E-state index contributed by atoms with van der Waals surface area (Å²) >= 11 is 0. The Labute approximate surface area is 125 Å². The van der Waals surface area contributed by atoms with Crippen LogP contribution in [0.5, 0.6) is 0 Å². The number of nitrogens with zero attached hydrogens (tertiary/aromatic N) is 1. The smallest absolute Gasteiger partial charge is 0.221 e. The van der Waals surface area contributed by atoms with Crippen LogP contribution in [-0.2, 0) is 11.3 Å². The van der Waals surface area contributed by atoms with Crippen molar-refractivity contribution in [1.29, 1.82) is 0 Å². The fourth-order valence-corrected chi connectivity index (χ4v) is 2.03. The first kappa shape index (κ1) is 14.9. The largest absolute Gasteiger partial charge is 0.381 e. The van der Waals surface area contributed by atoms with Gasteiger partial charge in [0.15, 0.2) is 0 Å². The number of anilines is 3. The van der Waals surface area contributed by atoms with Gasteiger partial charge in [0, 0.05) is 44.6 Å². The zero-order valence-electron chi connectivity index (χ0n) is 12.7. The molecule has 2 aromatic carbocycles. The summed E-state index contributed by atoms with van der Waals surface area (Å²) in [5.74, 6) is -0.0635. The topological polar surface area (TPSA) is 44.4 Å². The molecule has 2 N–H and O–H groups in total. The van der Waals surface area contributed by atoms with Crippen molar-refractivity contribution in [2.45, 2.75) is 13.5 Å². The molecule has 0 aliphatic heterocycles. The molecule has 2 rings (SSSR count). The maximum atomic E-state index is 11.1. The van der Waals surface area contributed by atoms with Crippen molar-refractivity contribution >= 4 is 23.0 Å². The predicted octanol–water partition coefficient (Wildman–Crippen LogP) is 3.32. The Hall–Kier alpha value is -2.49. The number of benzene rings is 2. The lowest BCUT2D eigenvalue weighted by Crippen LogP contribution is -2.08. The van der Waals surface area contributed by atoms with Crippen LogP contribution in [0.25, 0.3) is 0 Å². The highest BCUT2D eigenvalue weighted by atomic mass is 16.1. The van der Waals surface area contributed by atoms with Crippen molar-refractivity contribution in [2.24, 2.45) is 0 Å². The molecule has 21 heavy (non-hydrogen) atoms. The average Bonchev–Trinajstić information content (AvgIpc) is 2.45. The Morgan fingerprint density at radius 3 is 2.33 bits per heavy atom. The van der Waals surface area contributed by atoms with Crippen LogP contribution in [0.1, 0.15) is 12.5 Å². The van der Waals surface area contributed by atoms with E-state index in [2.05, 4.69) is 39.8 Å². The maximum Gasteiger partial charge on any atom is 0.221 e. The predicted molar refractivity (Wildman–Crippen MR) is 88.8 cm³/mol. The number of rotatable bonds is 5. The van der Waals surface area contributed by atoms with Crippen molar-refractivity contribution in [3.63, 3.8) is 0 Å². The molecular weight excluding hydrogens is 262 g/mol. The van der Waals surface area contributed by atoms with Crippen LogP contribution in [0.15, 0.2) is 48.5 Å². The second kappa shape index (κ2) is 6.79. The molecule has 2 aromatic rings. The van der Waals surface area contributed by atoms with E-state index in [1.165, 1.54) is 18.2 Å². The molecule has 0 saturated heterocycles. The summed E-state index contributed by atoms with van der Waals surface area (Å²) in [4.78, 5) is 13.1. The highest BCUT2D eigenvalue weighted by Gasteiger charge is 1.99. The number of hydrogen-bond donors (Lipinski definition) is 2. The van der Waals surface area contributed by atoms with Gasteiger partial charge in [-0.05, 0) is 35.9 Å². The minimum atomic E-state index is -0.0635. The Balaban J connectivity index is 1.97. The Morgan fingerprint density at radius 1 is 1.05 bits per heavy atom. The number of carbonyl (C=O) groups is 1. The van der Waals surface area contributed by atoms with Crippen LogP contribution < -0.4 is 15.5 Å². The molecule has 0 atom stereocenters. The monoisotopic (exact) mass is 283 g/mol. The minimum Gasteiger partial charge on any atom is -0.381 e. The number of nitrogens with one attached hydrogen (secondary N) is 2. The molecule has 0 unspecified atom stereocenters. The van der Waals surface area contributed by atoms with E-state index in [-0.39, 0.29) is 5.91 Å². The highest BCUT2D eigenvalue weighted by Crippen LogP contribution is 2.17. The van der Waals surface area contributed by atoms with Crippen LogP contribution in [0.3, 0.4) is 0 Å². The second-order valence-corrected chi connectivity index (χ2v) is 5.18. The zero-order valence-corrected chi connectivity index (χ0v) is 12.7. The second-order valence-electron chi connectivity index (χ2n) is 5.18. The summed E-state index contributed by atoms with van der Waals surface area (Å²) < 4.78 is 0. The van der Waals surface area contributed by atoms with E-state index in [0.29, 0.717) is 0 Å². The SMILES string of the molecule is CC(=O)Nc1cccc(NCc2ccc(N(C)C)cc2)c1. The van der Waals surface area contributed by atoms with Crippen molar-refractivity contribution in [2.75, 3.05) is 29.6 Å². The van der Waals surface area contributed by atoms with E-state index in [0.717, 1.165) is 17.9 Å². The van der Waals surface area contributed by atoms with Gasteiger partial charge < -0.3 is 15.5 Å². The van der Waals surface area contributed by atoms with Gasteiger partial charge in [-0.15, -0.1) is 0 Å². The van der Waals surface area contributed by atoms with Gasteiger partial charge in [-0.2, -0.15) is 0 Å². The summed E-state index contributed by atoms with van der Waals surface area (Å²) in [6.07, 6.45) is 0. The fraction of sp³-hybridized carbons (Fsp3) is 0.235. The first-order chi connectivity index (χ1) is 10.0. The van der Waals surface area contributed by atoms with Crippen molar-refractivity contribution in [1.82, 2.24) is 0 Å². The molecule has 110 valence electrons. The number of hydrogen-bond acceptors (Lipinski definition) is 3. The quantitative estimate of drug-likeness (QED) is 0.884. The van der Waals surface area contributed by atoms with Crippen molar-refractivity contribution < 1.29 is 4.79 Å². The molecule has 4 heteroatoms. The number of amides is 1. The molecular formula is C17H21N3O. The summed E-state index contributed by atoms with van der Waals surface area (Å²) in [6.45, 7) is 2.25. The average molecular weight is 283 g/mol. The van der Waals surface area contributed by atoms with Gasteiger partial charge in [-0.3, -0.25) is 4.79 Å². The summed E-state index contributed by atoms with van der Waals surface area (Å²) in [5, 5.41) is 6.14. The van der Waals surface area contributed by atoms with Gasteiger partial charge in [0.25, 0.3) is 0 Å².